The van der Waals surface area contributed by atoms with Gasteiger partial charge in [-0.1, -0.05) is 0 Å². The lowest BCUT2D eigenvalue weighted by atomic mass is 10.2. The van der Waals surface area contributed by atoms with E-state index < -0.39 is 0 Å². The molecule has 0 aliphatic carbocycles. The van der Waals surface area contributed by atoms with Crippen molar-refractivity contribution in [3.05, 3.63) is 11.1 Å². The third-order valence-corrected chi connectivity index (χ3v) is 3.88. The number of nitrogens with zero attached hydrogens (tertiary/aromatic N) is 2. The molecule has 0 fully saturated rings. The van der Waals surface area contributed by atoms with E-state index in [0.29, 0.717) is 18.3 Å². The van der Waals surface area contributed by atoms with Crippen LogP contribution < -0.4 is 5.32 Å². The minimum Gasteiger partial charge on any atom is -0.461 e. The highest BCUT2D eigenvalue weighted by Gasteiger charge is 2.11. The molecule has 0 aliphatic heterocycles. The molecule has 0 saturated carbocycles. The Morgan fingerprint density at radius 1 is 1.50 bits per heavy atom. The number of esters is 1. The summed E-state index contributed by atoms with van der Waals surface area (Å²) in [6.07, 6.45) is 2.24. The molecule has 1 aromatic heterocycles. The second-order valence-corrected chi connectivity index (χ2v) is 5.82. The van der Waals surface area contributed by atoms with E-state index >= 15 is 0 Å². The maximum Gasteiger partial charge on any atom is 0.357 e. The van der Waals surface area contributed by atoms with Crippen molar-refractivity contribution >= 4 is 22.4 Å². The smallest absolute Gasteiger partial charge is 0.357 e. The zero-order valence-electron chi connectivity index (χ0n) is 12.8. The molecule has 1 rings (SSSR count). The van der Waals surface area contributed by atoms with E-state index in [2.05, 4.69) is 36.1 Å². The summed E-state index contributed by atoms with van der Waals surface area (Å²) in [5.74, 6) is -0.352. The van der Waals surface area contributed by atoms with Crippen LogP contribution in [0.5, 0.6) is 0 Å². The molecule has 0 saturated heterocycles. The average Bonchev–Trinajstić information content (AvgIpc) is 2.87. The van der Waals surface area contributed by atoms with Gasteiger partial charge in [-0.15, -0.1) is 11.3 Å². The summed E-state index contributed by atoms with van der Waals surface area (Å²) in [6, 6.07) is 0.592. The second-order valence-electron chi connectivity index (χ2n) is 4.97. The van der Waals surface area contributed by atoms with E-state index in [9.17, 15) is 4.79 Å². The summed E-state index contributed by atoms with van der Waals surface area (Å²) in [7, 11) is 2.14. The van der Waals surface area contributed by atoms with Crippen LogP contribution in [-0.4, -0.2) is 48.6 Å². The van der Waals surface area contributed by atoms with Crippen molar-refractivity contribution in [3.8, 4) is 0 Å². The molecule has 1 N–H and O–H groups in total. The number of rotatable bonds is 9. The van der Waals surface area contributed by atoms with Crippen LogP contribution >= 0.6 is 11.3 Å². The zero-order chi connectivity index (χ0) is 15.0. The van der Waals surface area contributed by atoms with E-state index in [0.717, 1.165) is 31.1 Å². The Labute approximate surface area is 125 Å². The first-order chi connectivity index (χ1) is 9.54. The molecule has 0 aromatic carbocycles. The molecule has 0 aliphatic rings. The summed E-state index contributed by atoms with van der Waals surface area (Å²) >= 11 is 1.44. The van der Waals surface area contributed by atoms with Gasteiger partial charge in [0.1, 0.15) is 0 Å². The van der Waals surface area contributed by atoms with Crippen molar-refractivity contribution in [1.29, 1.82) is 0 Å². The molecule has 1 heterocycles. The second kappa shape index (κ2) is 8.92. The number of hydrogen-bond donors (Lipinski definition) is 1. The van der Waals surface area contributed by atoms with Gasteiger partial charge in [-0.05, 0) is 47.2 Å². The molecule has 6 heteroatoms. The molecule has 114 valence electrons. The molecule has 1 aromatic rings. The van der Waals surface area contributed by atoms with Crippen LogP contribution in [0.2, 0.25) is 0 Å². The first kappa shape index (κ1) is 16.9. The predicted octanol–water partition coefficient (Wildman–Crippen LogP) is 2.85. The van der Waals surface area contributed by atoms with Gasteiger partial charge in [0.25, 0.3) is 0 Å². The summed E-state index contributed by atoms with van der Waals surface area (Å²) < 4.78 is 4.90. The van der Waals surface area contributed by atoms with Crippen LogP contribution in [0.3, 0.4) is 0 Å². The normalized spacial score (nSPS) is 11.1. The van der Waals surface area contributed by atoms with Gasteiger partial charge in [0.15, 0.2) is 10.8 Å². The lowest BCUT2D eigenvalue weighted by Crippen LogP contribution is -2.27. The number of unbranched alkanes of at least 4 members (excludes halogenated alkanes) is 1. The fourth-order valence-corrected chi connectivity index (χ4v) is 2.30. The van der Waals surface area contributed by atoms with Crippen LogP contribution in [0.4, 0.5) is 5.13 Å². The SMILES string of the molecule is CCOC(=O)c1csc(NCCCCN(C)C(C)C)n1. The molecule has 0 spiro atoms. The Morgan fingerprint density at radius 3 is 2.90 bits per heavy atom. The van der Waals surface area contributed by atoms with Gasteiger partial charge < -0.3 is 15.0 Å². The Bertz CT molecular complexity index is 407. The molecule has 0 atom stereocenters. The molecule has 0 radical (unpaired) electrons. The average molecular weight is 299 g/mol. The Hall–Kier alpha value is -1.14. The van der Waals surface area contributed by atoms with Crippen LogP contribution in [0, 0.1) is 0 Å². The van der Waals surface area contributed by atoms with Crippen molar-refractivity contribution < 1.29 is 9.53 Å². The van der Waals surface area contributed by atoms with Crippen molar-refractivity contribution in [2.24, 2.45) is 0 Å². The molecule has 5 nitrogen and oxygen atoms in total. The summed E-state index contributed by atoms with van der Waals surface area (Å²) in [4.78, 5) is 18.0. The molecule has 0 unspecified atom stereocenters. The molecule has 20 heavy (non-hydrogen) atoms. The van der Waals surface area contributed by atoms with Crippen molar-refractivity contribution in [2.45, 2.75) is 39.7 Å². The standard InChI is InChI=1S/C14H25N3O2S/c1-5-19-13(18)12-10-20-14(16-12)15-8-6-7-9-17(4)11(2)3/h10-11H,5-9H2,1-4H3,(H,15,16). The summed E-state index contributed by atoms with van der Waals surface area (Å²) in [5.41, 5.74) is 0.388. The van der Waals surface area contributed by atoms with Crippen LogP contribution in [0.15, 0.2) is 5.38 Å². The van der Waals surface area contributed by atoms with E-state index in [-0.39, 0.29) is 5.97 Å². The van der Waals surface area contributed by atoms with Crippen LogP contribution in [-0.2, 0) is 4.74 Å². The number of thiazole rings is 1. The number of anilines is 1. The first-order valence-corrected chi connectivity index (χ1v) is 7.99. The monoisotopic (exact) mass is 299 g/mol. The molecular formula is C14H25N3O2S. The van der Waals surface area contributed by atoms with Gasteiger partial charge in [-0.25, -0.2) is 9.78 Å². The highest BCUT2D eigenvalue weighted by Crippen LogP contribution is 2.16. The van der Waals surface area contributed by atoms with Crippen molar-refractivity contribution in [2.75, 3.05) is 32.1 Å². The van der Waals surface area contributed by atoms with Crippen LogP contribution in [0.25, 0.3) is 0 Å². The number of aromatic nitrogens is 1. The van der Waals surface area contributed by atoms with Crippen molar-refractivity contribution in [3.63, 3.8) is 0 Å². The third kappa shape index (κ3) is 5.88. The van der Waals surface area contributed by atoms with Gasteiger partial charge in [0.2, 0.25) is 0 Å². The van der Waals surface area contributed by atoms with Gasteiger partial charge >= 0.3 is 5.97 Å². The Balaban J connectivity index is 2.21. The first-order valence-electron chi connectivity index (χ1n) is 7.11. The molecular weight excluding hydrogens is 274 g/mol. The quantitative estimate of drug-likeness (QED) is 0.561. The summed E-state index contributed by atoms with van der Waals surface area (Å²) in [5, 5.41) is 5.76. The minimum atomic E-state index is -0.352. The maximum absolute atomic E-state index is 11.5. The van der Waals surface area contributed by atoms with E-state index in [1.54, 1.807) is 12.3 Å². The van der Waals surface area contributed by atoms with Gasteiger partial charge in [-0.3, -0.25) is 0 Å². The maximum atomic E-state index is 11.5. The number of carbonyl (C=O) groups is 1. The Kier molecular flexibility index (Phi) is 7.54. The Morgan fingerprint density at radius 2 is 2.25 bits per heavy atom. The summed E-state index contributed by atoms with van der Waals surface area (Å²) in [6.45, 7) is 8.54. The highest BCUT2D eigenvalue weighted by atomic mass is 32.1. The molecule has 0 amide bonds. The third-order valence-electron chi connectivity index (χ3n) is 3.08. The minimum absolute atomic E-state index is 0.352. The van der Waals surface area contributed by atoms with Crippen molar-refractivity contribution in [1.82, 2.24) is 9.88 Å². The van der Waals surface area contributed by atoms with Gasteiger partial charge in [0.05, 0.1) is 6.61 Å². The fourth-order valence-electron chi connectivity index (χ4n) is 1.59. The molecule has 0 bridgehead atoms. The largest absolute Gasteiger partial charge is 0.461 e. The number of hydrogen-bond acceptors (Lipinski definition) is 6. The lowest BCUT2D eigenvalue weighted by molar-refractivity contribution is 0.0520. The van der Waals surface area contributed by atoms with Gasteiger partial charge in [0, 0.05) is 18.0 Å². The predicted molar refractivity (Wildman–Crippen MR) is 83.6 cm³/mol. The highest BCUT2D eigenvalue weighted by molar-refractivity contribution is 7.13. The van der Waals surface area contributed by atoms with E-state index in [4.69, 9.17) is 4.74 Å². The zero-order valence-corrected chi connectivity index (χ0v) is 13.6. The van der Waals surface area contributed by atoms with Crippen LogP contribution in [0.1, 0.15) is 44.1 Å². The number of nitrogens with one attached hydrogen (secondary N) is 1. The lowest BCUT2D eigenvalue weighted by Gasteiger charge is -2.20. The number of ether oxygens (including phenoxy) is 1. The topological polar surface area (TPSA) is 54.5 Å². The van der Waals surface area contributed by atoms with Gasteiger partial charge in [-0.2, -0.15) is 0 Å². The fraction of sp³-hybridized carbons (Fsp3) is 0.714. The van der Waals surface area contributed by atoms with E-state index in [1.807, 2.05) is 0 Å². The van der Waals surface area contributed by atoms with E-state index in [1.165, 1.54) is 11.3 Å². The number of carbonyl (C=O) groups excluding carboxylic acids is 1.